The summed E-state index contributed by atoms with van der Waals surface area (Å²) in [5.41, 5.74) is 1.97. The molecule has 1 amide bonds. The smallest absolute Gasteiger partial charge is 0.297 e. The molecule has 0 spiro atoms. The fourth-order valence-corrected chi connectivity index (χ4v) is 3.38. The van der Waals surface area contributed by atoms with E-state index in [4.69, 9.17) is 0 Å². The van der Waals surface area contributed by atoms with Crippen molar-refractivity contribution in [2.24, 2.45) is 0 Å². The van der Waals surface area contributed by atoms with E-state index < -0.39 is 17.3 Å². The Labute approximate surface area is 165 Å². The summed E-state index contributed by atoms with van der Waals surface area (Å²) in [6, 6.07) is 11.8. The second-order valence-corrected chi connectivity index (χ2v) is 6.92. The van der Waals surface area contributed by atoms with Crippen molar-refractivity contribution in [1.82, 2.24) is 19.2 Å². The minimum absolute atomic E-state index is 0.182. The molecule has 0 saturated heterocycles. The summed E-state index contributed by atoms with van der Waals surface area (Å²) in [7, 11) is 0. The van der Waals surface area contributed by atoms with E-state index in [1.165, 1.54) is 10.6 Å². The van der Waals surface area contributed by atoms with Crippen LogP contribution in [0.25, 0.3) is 16.7 Å². The minimum atomic E-state index is -0.432. The zero-order chi connectivity index (χ0) is 20.5. The number of nitrogens with one attached hydrogen (secondary N) is 1. The lowest BCUT2D eigenvalue weighted by Crippen LogP contribution is -2.29. The summed E-state index contributed by atoms with van der Waals surface area (Å²) < 4.78 is 16.9. The van der Waals surface area contributed by atoms with Crippen LogP contribution >= 0.6 is 0 Å². The number of rotatable bonds is 5. The molecule has 0 bridgehead atoms. The lowest BCUT2D eigenvalue weighted by molar-refractivity contribution is -0.116. The van der Waals surface area contributed by atoms with Crippen molar-refractivity contribution in [3.05, 3.63) is 70.0 Å². The molecular weight excluding hydrogens is 373 g/mol. The molecule has 8 heteroatoms. The van der Waals surface area contributed by atoms with Crippen molar-refractivity contribution >= 4 is 28.3 Å². The Morgan fingerprint density at radius 2 is 1.90 bits per heavy atom. The molecule has 29 heavy (non-hydrogen) atoms. The first-order valence-corrected chi connectivity index (χ1v) is 9.41. The van der Waals surface area contributed by atoms with E-state index in [9.17, 15) is 14.0 Å². The van der Waals surface area contributed by atoms with Crippen molar-refractivity contribution in [3.63, 3.8) is 0 Å². The van der Waals surface area contributed by atoms with Gasteiger partial charge in [-0.15, -0.1) is 10.2 Å². The Hall–Kier alpha value is -3.55. The number of nitrogens with zero attached hydrogens (tertiary/aromatic N) is 4. The van der Waals surface area contributed by atoms with Crippen molar-refractivity contribution in [1.29, 1.82) is 0 Å². The van der Waals surface area contributed by atoms with Crippen LogP contribution in [-0.4, -0.2) is 25.1 Å². The number of hydrogen-bond acceptors (Lipinski definition) is 4. The van der Waals surface area contributed by atoms with Gasteiger partial charge in [0.1, 0.15) is 18.2 Å². The second kappa shape index (κ2) is 7.46. The van der Waals surface area contributed by atoms with Gasteiger partial charge in [0.25, 0.3) is 5.56 Å². The van der Waals surface area contributed by atoms with Crippen molar-refractivity contribution in [3.8, 4) is 0 Å². The highest BCUT2D eigenvalue weighted by Gasteiger charge is 2.17. The molecule has 7 nitrogen and oxygen atoms in total. The SMILES string of the molecule is CCCc1nnc2c(=O)n(CC(=O)Nc3ccc(C)c(F)c3)c3ccccc3n12. The lowest BCUT2D eigenvalue weighted by atomic mass is 10.2. The predicted molar refractivity (Wildman–Crippen MR) is 109 cm³/mol. The van der Waals surface area contributed by atoms with Gasteiger partial charge in [0, 0.05) is 12.1 Å². The number of benzene rings is 2. The van der Waals surface area contributed by atoms with Gasteiger partial charge in [-0.2, -0.15) is 0 Å². The van der Waals surface area contributed by atoms with E-state index in [2.05, 4.69) is 15.5 Å². The summed E-state index contributed by atoms with van der Waals surface area (Å²) in [5, 5.41) is 10.9. The third-order valence-electron chi connectivity index (χ3n) is 4.81. The maximum Gasteiger partial charge on any atom is 0.297 e. The fourth-order valence-electron chi connectivity index (χ4n) is 3.38. The summed E-state index contributed by atoms with van der Waals surface area (Å²) in [6.45, 7) is 3.46. The Morgan fingerprint density at radius 3 is 2.62 bits per heavy atom. The first-order valence-electron chi connectivity index (χ1n) is 9.41. The van der Waals surface area contributed by atoms with Gasteiger partial charge in [-0.25, -0.2) is 4.39 Å². The topological polar surface area (TPSA) is 81.3 Å². The van der Waals surface area contributed by atoms with E-state index in [1.54, 1.807) is 35.6 Å². The number of hydrogen-bond donors (Lipinski definition) is 1. The highest BCUT2D eigenvalue weighted by Crippen LogP contribution is 2.17. The van der Waals surface area contributed by atoms with Crippen molar-refractivity contribution in [2.75, 3.05) is 5.32 Å². The molecule has 4 aromatic rings. The average molecular weight is 393 g/mol. The Morgan fingerprint density at radius 1 is 1.14 bits per heavy atom. The molecule has 0 radical (unpaired) electrons. The average Bonchev–Trinajstić information content (AvgIpc) is 3.12. The molecule has 2 aromatic carbocycles. The Balaban J connectivity index is 1.76. The first-order chi connectivity index (χ1) is 14.0. The van der Waals surface area contributed by atoms with Gasteiger partial charge in [0.15, 0.2) is 0 Å². The summed E-state index contributed by atoms with van der Waals surface area (Å²) in [6.07, 6.45) is 1.56. The molecule has 0 saturated carbocycles. The fraction of sp³-hybridized carbons (Fsp3) is 0.238. The maximum absolute atomic E-state index is 13.7. The Kier molecular flexibility index (Phi) is 4.84. The standard InChI is InChI=1S/C21H20FN5O2/c1-3-6-18-24-25-20-21(29)26(16-7-4-5-8-17(16)27(18)20)12-19(28)23-14-10-9-13(2)15(22)11-14/h4-5,7-11H,3,6,12H2,1-2H3,(H,23,28). The van der Waals surface area contributed by atoms with E-state index in [0.717, 1.165) is 11.9 Å². The van der Waals surface area contributed by atoms with E-state index in [0.29, 0.717) is 29.0 Å². The number of aryl methyl sites for hydroxylation is 2. The van der Waals surface area contributed by atoms with Gasteiger partial charge in [-0.05, 0) is 43.2 Å². The second-order valence-electron chi connectivity index (χ2n) is 6.92. The zero-order valence-electron chi connectivity index (χ0n) is 16.1. The van der Waals surface area contributed by atoms with Gasteiger partial charge >= 0.3 is 0 Å². The monoisotopic (exact) mass is 393 g/mol. The third-order valence-corrected chi connectivity index (χ3v) is 4.81. The van der Waals surface area contributed by atoms with Crippen LogP contribution in [0.5, 0.6) is 0 Å². The number of para-hydroxylation sites is 2. The molecule has 2 heterocycles. The minimum Gasteiger partial charge on any atom is -0.324 e. The maximum atomic E-state index is 13.7. The van der Waals surface area contributed by atoms with Gasteiger partial charge in [-0.1, -0.05) is 25.1 Å². The molecule has 0 unspecified atom stereocenters. The van der Waals surface area contributed by atoms with Crippen LogP contribution < -0.4 is 10.9 Å². The molecular formula is C21H20FN5O2. The van der Waals surface area contributed by atoms with Crippen LogP contribution in [0.2, 0.25) is 0 Å². The molecule has 4 rings (SSSR count). The largest absolute Gasteiger partial charge is 0.324 e. The Bertz CT molecular complexity index is 1290. The number of carbonyl (C=O) groups excluding carboxylic acids is 1. The van der Waals surface area contributed by atoms with E-state index in [1.807, 2.05) is 19.1 Å². The van der Waals surface area contributed by atoms with Gasteiger partial charge in [-0.3, -0.25) is 18.6 Å². The molecule has 0 aliphatic carbocycles. The molecule has 0 aliphatic rings. The van der Waals surface area contributed by atoms with Crippen LogP contribution in [0.4, 0.5) is 10.1 Å². The quantitative estimate of drug-likeness (QED) is 0.565. The van der Waals surface area contributed by atoms with E-state index >= 15 is 0 Å². The zero-order valence-corrected chi connectivity index (χ0v) is 16.1. The molecule has 148 valence electrons. The van der Waals surface area contributed by atoms with Crippen LogP contribution in [0.3, 0.4) is 0 Å². The highest BCUT2D eigenvalue weighted by molar-refractivity contribution is 5.91. The molecule has 0 aliphatic heterocycles. The lowest BCUT2D eigenvalue weighted by Gasteiger charge is -2.13. The van der Waals surface area contributed by atoms with Crippen LogP contribution in [0, 0.1) is 12.7 Å². The van der Waals surface area contributed by atoms with Crippen molar-refractivity contribution < 1.29 is 9.18 Å². The van der Waals surface area contributed by atoms with Crippen LogP contribution in [0.1, 0.15) is 24.7 Å². The third kappa shape index (κ3) is 3.37. The number of fused-ring (bicyclic) bond motifs is 3. The van der Waals surface area contributed by atoms with Crippen LogP contribution in [0.15, 0.2) is 47.3 Å². The number of aromatic nitrogens is 4. The molecule has 0 atom stereocenters. The molecule has 0 fully saturated rings. The first kappa shape index (κ1) is 18.8. The predicted octanol–water partition coefficient (Wildman–Crippen LogP) is 3.08. The van der Waals surface area contributed by atoms with Crippen molar-refractivity contribution in [2.45, 2.75) is 33.2 Å². The number of anilines is 1. The number of amides is 1. The molecule has 1 N–H and O–H groups in total. The van der Waals surface area contributed by atoms with Gasteiger partial charge in [0.2, 0.25) is 11.6 Å². The summed E-state index contributed by atoms with van der Waals surface area (Å²) >= 11 is 0. The number of carbonyl (C=O) groups is 1. The van der Waals surface area contributed by atoms with Crippen LogP contribution in [-0.2, 0) is 17.8 Å². The van der Waals surface area contributed by atoms with Gasteiger partial charge in [0.05, 0.1) is 11.0 Å². The summed E-state index contributed by atoms with van der Waals surface area (Å²) in [5.74, 6) is -0.126. The summed E-state index contributed by atoms with van der Waals surface area (Å²) in [4.78, 5) is 25.6. The normalized spacial score (nSPS) is 11.3. The molecule has 2 aromatic heterocycles. The number of halogens is 1. The highest BCUT2D eigenvalue weighted by atomic mass is 19.1. The van der Waals surface area contributed by atoms with E-state index in [-0.39, 0.29) is 12.2 Å². The van der Waals surface area contributed by atoms with Gasteiger partial charge < -0.3 is 5.32 Å².